The third-order valence-electron chi connectivity index (χ3n) is 4.39. The Labute approximate surface area is 192 Å². The van der Waals surface area contributed by atoms with Crippen LogP contribution in [0.5, 0.6) is 5.75 Å². The Morgan fingerprint density at radius 1 is 1.09 bits per heavy atom. The van der Waals surface area contributed by atoms with Crippen LogP contribution in [-0.2, 0) is 4.79 Å². The van der Waals surface area contributed by atoms with E-state index in [1.807, 2.05) is 0 Å². The number of methoxy groups -OCH3 is 1. The predicted molar refractivity (Wildman–Crippen MR) is 122 cm³/mol. The van der Waals surface area contributed by atoms with Gasteiger partial charge < -0.3 is 15.4 Å². The molecule has 2 amide bonds. The molecule has 0 aromatic heterocycles. The Morgan fingerprint density at radius 3 is 2.48 bits per heavy atom. The van der Waals surface area contributed by atoms with Crippen molar-refractivity contribution < 1.29 is 23.6 Å². The summed E-state index contributed by atoms with van der Waals surface area (Å²) in [7, 11) is 1.38. The van der Waals surface area contributed by atoms with Gasteiger partial charge in [-0.2, -0.15) is 0 Å². The van der Waals surface area contributed by atoms with Gasteiger partial charge in [0.2, 0.25) is 0 Å². The number of nitrogens with one attached hydrogen (secondary N) is 2. The molecule has 0 saturated heterocycles. The highest BCUT2D eigenvalue weighted by Crippen LogP contribution is 2.23. The molecular weight excluding hydrogens is 453 g/mol. The van der Waals surface area contributed by atoms with Crippen LogP contribution in [0.25, 0.3) is 6.08 Å². The Balaban J connectivity index is 1.97. The molecule has 0 atom stereocenters. The molecule has 3 rings (SSSR count). The van der Waals surface area contributed by atoms with E-state index >= 15 is 0 Å². The van der Waals surface area contributed by atoms with Gasteiger partial charge in [-0.15, -0.1) is 0 Å². The largest absolute Gasteiger partial charge is 0.496 e. The van der Waals surface area contributed by atoms with Crippen molar-refractivity contribution >= 4 is 40.9 Å². The van der Waals surface area contributed by atoms with Crippen molar-refractivity contribution in [3.8, 4) is 5.75 Å². The molecule has 0 fully saturated rings. The zero-order chi connectivity index (χ0) is 24.0. The number of nitro groups is 1. The lowest BCUT2D eigenvalue weighted by atomic mass is 10.1. The number of amides is 2. The fourth-order valence-corrected chi connectivity index (χ4v) is 3.00. The van der Waals surface area contributed by atoms with Crippen molar-refractivity contribution in [2.75, 3.05) is 12.4 Å². The zero-order valence-electron chi connectivity index (χ0n) is 17.2. The fourth-order valence-electron chi connectivity index (χ4n) is 2.83. The van der Waals surface area contributed by atoms with E-state index < -0.39 is 22.6 Å². The molecule has 8 nitrogen and oxygen atoms in total. The minimum absolute atomic E-state index is 0.0736. The number of ether oxygens (including phenoxy) is 1. The zero-order valence-corrected chi connectivity index (χ0v) is 17.9. The first-order valence-electron chi connectivity index (χ1n) is 9.45. The molecule has 0 heterocycles. The summed E-state index contributed by atoms with van der Waals surface area (Å²) in [6.07, 6.45) is 1.28. The topological polar surface area (TPSA) is 111 Å². The average molecular weight is 470 g/mol. The van der Waals surface area contributed by atoms with Crippen molar-refractivity contribution in [2.45, 2.75) is 0 Å². The molecule has 2 N–H and O–H groups in total. The summed E-state index contributed by atoms with van der Waals surface area (Å²) in [5, 5.41) is 16.4. The molecule has 0 unspecified atom stereocenters. The maximum Gasteiger partial charge on any atom is 0.272 e. The van der Waals surface area contributed by atoms with Crippen LogP contribution in [0.3, 0.4) is 0 Å². The Hall–Kier alpha value is -4.24. The SMILES string of the molecule is COc1ccc(Cl)cc1C(=O)NC(=Cc1cccc([N+](=O)[O-])c1)C(=O)Nc1ccc(F)cc1. The first kappa shape index (κ1) is 23.4. The van der Waals surface area contributed by atoms with Gasteiger partial charge in [0.05, 0.1) is 17.6 Å². The number of carbonyl (C=O) groups is 2. The number of nitro benzene ring substituents is 1. The van der Waals surface area contributed by atoms with E-state index in [0.717, 1.165) is 12.1 Å². The Bertz CT molecular complexity index is 1250. The smallest absolute Gasteiger partial charge is 0.272 e. The number of anilines is 1. The van der Waals surface area contributed by atoms with E-state index in [9.17, 15) is 24.1 Å². The molecule has 0 bridgehead atoms. The number of rotatable bonds is 7. The molecule has 0 saturated carbocycles. The van der Waals surface area contributed by atoms with E-state index in [2.05, 4.69) is 10.6 Å². The molecule has 3 aromatic carbocycles. The highest BCUT2D eigenvalue weighted by Gasteiger charge is 2.19. The van der Waals surface area contributed by atoms with Crippen molar-refractivity contribution in [1.29, 1.82) is 0 Å². The molecule has 0 aliphatic heterocycles. The van der Waals surface area contributed by atoms with Gasteiger partial charge in [-0.3, -0.25) is 19.7 Å². The van der Waals surface area contributed by atoms with Crippen LogP contribution in [0, 0.1) is 15.9 Å². The summed E-state index contributed by atoms with van der Waals surface area (Å²) in [4.78, 5) is 36.4. The third kappa shape index (κ3) is 6.14. The van der Waals surface area contributed by atoms with Gasteiger partial charge in [-0.05, 0) is 54.1 Å². The number of benzene rings is 3. The summed E-state index contributed by atoms with van der Waals surface area (Å²) in [5.74, 6) is -1.69. The lowest BCUT2D eigenvalue weighted by Gasteiger charge is -2.13. The monoisotopic (exact) mass is 469 g/mol. The van der Waals surface area contributed by atoms with Crippen molar-refractivity contribution in [1.82, 2.24) is 5.32 Å². The van der Waals surface area contributed by atoms with Gasteiger partial charge in [0.25, 0.3) is 17.5 Å². The third-order valence-corrected chi connectivity index (χ3v) is 4.63. The quantitative estimate of drug-likeness (QED) is 0.293. The van der Waals surface area contributed by atoms with Crippen LogP contribution in [0.4, 0.5) is 15.8 Å². The molecule has 0 aliphatic carbocycles. The normalized spacial score (nSPS) is 10.9. The summed E-state index contributed by atoms with van der Waals surface area (Å²) in [5.41, 5.74) is 0.244. The van der Waals surface area contributed by atoms with Crippen LogP contribution in [0.15, 0.2) is 72.4 Å². The molecule has 3 aromatic rings. The fraction of sp³-hybridized carbons (Fsp3) is 0.0435. The lowest BCUT2D eigenvalue weighted by molar-refractivity contribution is -0.384. The Morgan fingerprint density at radius 2 is 1.82 bits per heavy atom. The second-order valence-electron chi connectivity index (χ2n) is 6.67. The highest BCUT2D eigenvalue weighted by atomic mass is 35.5. The molecule has 10 heteroatoms. The van der Waals surface area contributed by atoms with E-state index in [0.29, 0.717) is 5.56 Å². The maximum atomic E-state index is 13.2. The average Bonchev–Trinajstić information content (AvgIpc) is 2.80. The standard InChI is InChI=1S/C23H17ClFN3O5/c1-33-21-10-5-15(24)13-19(21)22(29)27-20(12-14-3-2-4-18(11-14)28(31)32)23(30)26-17-8-6-16(25)7-9-17/h2-13H,1H3,(H,26,30)(H,27,29). The first-order chi connectivity index (χ1) is 15.8. The molecule has 0 radical (unpaired) electrons. The van der Waals surface area contributed by atoms with Gasteiger partial charge in [-0.25, -0.2) is 4.39 Å². The predicted octanol–water partition coefficient (Wildman–Crippen LogP) is 4.81. The molecule has 0 spiro atoms. The van der Waals surface area contributed by atoms with E-state index in [1.54, 1.807) is 0 Å². The highest BCUT2D eigenvalue weighted by molar-refractivity contribution is 6.31. The minimum atomic E-state index is -0.734. The Kier molecular flexibility index (Phi) is 7.37. The molecular formula is C23H17ClFN3O5. The number of carbonyl (C=O) groups excluding carboxylic acids is 2. The lowest BCUT2D eigenvalue weighted by Crippen LogP contribution is -2.31. The van der Waals surface area contributed by atoms with Gasteiger partial charge in [0.15, 0.2) is 0 Å². The van der Waals surface area contributed by atoms with Crippen LogP contribution in [0.2, 0.25) is 5.02 Å². The number of non-ortho nitro benzene ring substituents is 1. The second kappa shape index (κ2) is 10.4. The van der Waals surface area contributed by atoms with Gasteiger partial charge in [-0.1, -0.05) is 23.7 Å². The summed E-state index contributed by atoms with van der Waals surface area (Å²) in [6, 6.07) is 15.0. The maximum absolute atomic E-state index is 13.2. The number of hydrogen-bond acceptors (Lipinski definition) is 5. The number of nitrogens with zero attached hydrogens (tertiary/aromatic N) is 1. The summed E-state index contributed by atoms with van der Waals surface area (Å²) >= 11 is 5.99. The van der Waals surface area contributed by atoms with E-state index in [-0.39, 0.29) is 33.4 Å². The van der Waals surface area contributed by atoms with E-state index in [4.69, 9.17) is 16.3 Å². The van der Waals surface area contributed by atoms with Crippen LogP contribution >= 0.6 is 11.6 Å². The van der Waals surface area contributed by atoms with Crippen molar-refractivity contribution in [3.05, 3.63) is 105 Å². The minimum Gasteiger partial charge on any atom is -0.496 e. The van der Waals surface area contributed by atoms with Crippen molar-refractivity contribution in [3.63, 3.8) is 0 Å². The molecule has 168 valence electrons. The van der Waals surface area contributed by atoms with Crippen molar-refractivity contribution in [2.24, 2.45) is 0 Å². The second-order valence-corrected chi connectivity index (χ2v) is 7.11. The van der Waals surface area contributed by atoms with Crippen LogP contribution in [0.1, 0.15) is 15.9 Å². The number of hydrogen-bond donors (Lipinski definition) is 2. The van der Waals surface area contributed by atoms with Gasteiger partial charge in [0.1, 0.15) is 17.3 Å². The van der Waals surface area contributed by atoms with Crippen LogP contribution in [-0.4, -0.2) is 23.8 Å². The van der Waals surface area contributed by atoms with Gasteiger partial charge in [0, 0.05) is 22.8 Å². The summed E-state index contributed by atoms with van der Waals surface area (Å²) in [6.45, 7) is 0. The molecule has 33 heavy (non-hydrogen) atoms. The molecule has 0 aliphatic rings. The summed E-state index contributed by atoms with van der Waals surface area (Å²) < 4.78 is 18.4. The van der Waals surface area contributed by atoms with Crippen LogP contribution < -0.4 is 15.4 Å². The van der Waals surface area contributed by atoms with Gasteiger partial charge >= 0.3 is 0 Å². The number of halogens is 2. The van der Waals surface area contributed by atoms with E-state index in [1.165, 1.54) is 67.8 Å². The first-order valence-corrected chi connectivity index (χ1v) is 9.82.